The summed E-state index contributed by atoms with van der Waals surface area (Å²) >= 11 is 5.73. The van der Waals surface area contributed by atoms with Crippen molar-refractivity contribution < 1.29 is 4.39 Å². The largest absolute Gasteiger partial charge is 0.383 e. The van der Waals surface area contributed by atoms with Gasteiger partial charge in [-0.25, -0.2) is 14.2 Å². The fourth-order valence-corrected chi connectivity index (χ4v) is 2.67. The molecule has 0 bridgehead atoms. The molecule has 7 nitrogen and oxygen atoms in total. The Morgan fingerprint density at radius 3 is 2.71 bits per heavy atom. The summed E-state index contributed by atoms with van der Waals surface area (Å²) < 4.78 is 17.2. The third-order valence-corrected chi connectivity index (χ3v) is 4.11. The number of halogens is 2. The van der Waals surface area contributed by atoms with E-state index in [2.05, 4.69) is 10.3 Å². The molecule has 0 atom stereocenters. The highest BCUT2D eigenvalue weighted by Gasteiger charge is 2.13. The first kappa shape index (κ1) is 16.3. The Morgan fingerprint density at radius 1 is 1.25 bits per heavy atom. The predicted molar refractivity (Wildman–Crippen MR) is 90.1 cm³/mol. The fourth-order valence-electron chi connectivity index (χ4n) is 2.49. The lowest BCUT2D eigenvalue weighted by atomic mass is 10.3. The van der Waals surface area contributed by atoms with E-state index in [9.17, 15) is 14.0 Å². The molecule has 0 amide bonds. The highest BCUT2D eigenvalue weighted by atomic mass is 35.5. The van der Waals surface area contributed by atoms with Crippen LogP contribution < -0.4 is 16.6 Å². The number of nitrogens with one attached hydrogen (secondary N) is 1. The van der Waals surface area contributed by atoms with Crippen LogP contribution in [0.3, 0.4) is 0 Å². The van der Waals surface area contributed by atoms with Crippen LogP contribution in [-0.2, 0) is 20.6 Å². The number of benzene rings is 1. The van der Waals surface area contributed by atoms with E-state index in [0.717, 1.165) is 4.57 Å². The maximum atomic E-state index is 13.1. The maximum absolute atomic E-state index is 13.1. The molecule has 0 fully saturated rings. The van der Waals surface area contributed by atoms with Gasteiger partial charge in [-0.05, 0) is 18.2 Å². The van der Waals surface area contributed by atoms with Gasteiger partial charge in [0.25, 0.3) is 5.56 Å². The van der Waals surface area contributed by atoms with E-state index in [-0.39, 0.29) is 5.02 Å². The molecular weight excluding hydrogens is 337 g/mol. The molecule has 3 rings (SSSR count). The highest BCUT2D eigenvalue weighted by Crippen LogP contribution is 2.19. The van der Waals surface area contributed by atoms with Crippen molar-refractivity contribution in [2.75, 3.05) is 11.9 Å². The molecule has 0 saturated carbocycles. The second-order valence-corrected chi connectivity index (χ2v) is 5.78. The Bertz CT molecular complexity index is 1040. The lowest BCUT2D eigenvalue weighted by molar-refractivity contribution is 0.628. The smallest absolute Gasteiger partial charge is 0.332 e. The van der Waals surface area contributed by atoms with Gasteiger partial charge in [-0.15, -0.1) is 0 Å². The second kappa shape index (κ2) is 6.12. The van der Waals surface area contributed by atoms with Gasteiger partial charge in [-0.3, -0.25) is 13.9 Å². The van der Waals surface area contributed by atoms with E-state index < -0.39 is 17.1 Å². The van der Waals surface area contributed by atoms with Gasteiger partial charge in [-0.2, -0.15) is 0 Å². The topological polar surface area (TPSA) is 73.8 Å². The Kier molecular flexibility index (Phi) is 4.15. The fraction of sp³-hybridized carbons (Fsp3) is 0.267. The van der Waals surface area contributed by atoms with Crippen LogP contribution in [0, 0.1) is 5.82 Å². The van der Waals surface area contributed by atoms with Crippen molar-refractivity contribution in [2.45, 2.75) is 6.54 Å². The molecule has 0 saturated heterocycles. The van der Waals surface area contributed by atoms with Crippen LogP contribution >= 0.6 is 11.6 Å². The Hall–Kier alpha value is -2.61. The standard InChI is InChI=1S/C15H15ClFN5O2/c1-20-13-12(14(23)21(2)15(20)24)22(8-19-13)6-5-18-9-3-4-11(17)10(16)7-9/h3-4,7-8,18H,5-6H2,1-2H3. The number of aromatic nitrogens is 4. The molecule has 1 N–H and O–H groups in total. The van der Waals surface area contributed by atoms with Crippen LogP contribution in [0.25, 0.3) is 11.2 Å². The number of fused-ring (bicyclic) bond motifs is 1. The summed E-state index contributed by atoms with van der Waals surface area (Å²) in [5.41, 5.74) is 0.560. The molecule has 0 spiro atoms. The molecule has 0 aliphatic heterocycles. The minimum atomic E-state index is -0.479. The summed E-state index contributed by atoms with van der Waals surface area (Å²) in [6, 6.07) is 4.35. The highest BCUT2D eigenvalue weighted by molar-refractivity contribution is 6.31. The zero-order valence-corrected chi connectivity index (χ0v) is 13.8. The lowest BCUT2D eigenvalue weighted by Crippen LogP contribution is -2.37. The van der Waals surface area contributed by atoms with Crippen molar-refractivity contribution in [3.63, 3.8) is 0 Å². The molecule has 1 aromatic carbocycles. The summed E-state index contributed by atoms with van der Waals surface area (Å²) in [6.45, 7) is 0.915. The number of rotatable bonds is 4. The zero-order chi connectivity index (χ0) is 17.4. The van der Waals surface area contributed by atoms with Gasteiger partial charge in [-0.1, -0.05) is 11.6 Å². The van der Waals surface area contributed by atoms with E-state index in [1.54, 1.807) is 17.7 Å². The number of aryl methyl sites for hydroxylation is 1. The van der Waals surface area contributed by atoms with E-state index in [4.69, 9.17) is 11.6 Å². The van der Waals surface area contributed by atoms with Gasteiger partial charge in [0.1, 0.15) is 5.82 Å². The SMILES string of the molecule is Cn1c(=O)c2c(ncn2CCNc2ccc(F)c(Cl)c2)n(C)c1=O. The molecular formula is C15H15ClFN5O2. The first-order chi connectivity index (χ1) is 11.4. The molecule has 2 aromatic heterocycles. The monoisotopic (exact) mass is 351 g/mol. The van der Waals surface area contributed by atoms with Crippen molar-refractivity contribution in [1.29, 1.82) is 0 Å². The Labute approximate surface area is 140 Å². The summed E-state index contributed by atoms with van der Waals surface area (Å²) in [7, 11) is 3.00. The van der Waals surface area contributed by atoms with Gasteiger partial charge < -0.3 is 9.88 Å². The molecule has 2 heterocycles. The van der Waals surface area contributed by atoms with E-state index in [0.29, 0.717) is 29.9 Å². The number of hydrogen-bond donors (Lipinski definition) is 1. The van der Waals surface area contributed by atoms with Gasteiger partial charge in [0.2, 0.25) is 0 Å². The minimum Gasteiger partial charge on any atom is -0.383 e. The van der Waals surface area contributed by atoms with Crippen LogP contribution in [0.4, 0.5) is 10.1 Å². The molecule has 0 aliphatic carbocycles. The molecule has 0 radical (unpaired) electrons. The zero-order valence-electron chi connectivity index (χ0n) is 13.1. The quantitative estimate of drug-likeness (QED) is 0.769. The molecule has 24 heavy (non-hydrogen) atoms. The van der Waals surface area contributed by atoms with E-state index >= 15 is 0 Å². The number of nitrogens with zero attached hydrogens (tertiary/aromatic N) is 4. The number of anilines is 1. The molecule has 126 valence electrons. The third-order valence-electron chi connectivity index (χ3n) is 3.82. The van der Waals surface area contributed by atoms with E-state index in [1.807, 2.05) is 0 Å². The van der Waals surface area contributed by atoms with Gasteiger partial charge in [0.05, 0.1) is 11.3 Å². The number of hydrogen-bond acceptors (Lipinski definition) is 4. The third kappa shape index (κ3) is 2.69. The first-order valence-electron chi connectivity index (χ1n) is 7.20. The Morgan fingerprint density at radius 2 is 2.00 bits per heavy atom. The van der Waals surface area contributed by atoms with Crippen LogP contribution in [0.2, 0.25) is 5.02 Å². The van der Waals surface area contributed by atoms with Crippen molar-refractivity contribution in [2.24, 2.45) is 14.1 Å². The maximum Gasteiger partial charge on any atom is 0.332 e. The minimum absolute atomic E-state index is 0.0388. The summed E-state index contributed by atoms with van der Waals surface area (Å²) in [5, 5.41) is 3.14. The van der Waals surface area contributed by atoms with Crippen molar-refractivity contribution in [3.8, 4) is 0 Å². The van der Waals surface area contributed by atoms with Crippen LogP contribution in [-0.4, -0.2) is 25.2 Å². The van der Waals surface area contributed by atoms with Crippen LogP contribution in [0.1, 0.15) is 0 Å². The first-order valence-corrected chi connectivity index (χ1v) is 7.57. The van der Waals surface area contributed by atoms with Crippen LogP contribution in [0.5, 0.6) is 0 Å². The van der Waals surface area contributed by atoms with Gasteiger partial charge in [0, 0.05) is 32.9 Å². The predicted octanol–water partition coefficient (Wildman–Crippen LogP) is 1.34. The summed E-state index contributed by atoms with van der Waals surface area (Å²) in [5.74, 6) is -0.479. The van der Waals surface area contributed by atoms with Gasteiger partial charge >= 0.3 is 5.69 Å². The second-order valence-electron chi connectivity index (χ2n) is 5.37. The van der Waals surface area contributed by atoms with Crippen molar-refractivity contribution >= 4 is 28.5 Å². The molecule has 0 unspecified atom stereocenters. The van der Waals surface area contributed by atoms with Crippen molar-refractivity contribution in [3.05, 3.63) is 56.2 Å². The normalized spacial score (nSPS) is 11.2. The number of imidazole rings is 1. The van der Waals surface area contributed by atoms with Crippen LogP contribution in [0.15, 0.2) is 34.1 Å². The summed E-state index contributed by atoms with van der Waals surface area (Å²) in [4.78, 5) is 28.3. The lowest BCUT2D eigenvalue weighted by Gasteiger charge is -2.09. The molecule has 0 aliphatic rings. The average molecular weight is 352 g/mol. The summed E-state index contributed by atoms with van der Waals surface area (Å²) in [6.07, 6.45) is 1.52. The Balaban J connectivity index is 1.85. The average Bonchev–Trinajstić information content (AvgIpc) is 2.98. The molecule has 3 aromatic rings. The van der Waals surface area contributed by atoms with E-state index in [1.165, 1.54) is 30.1 Å². The molecule has 9 heteroatoms. The van der Waals surface area contributed by atoms with Crippen molar-refractivity contribution in [1.82, 2.24) is 18.7 Å². The van der Waals surface area contributed by atoms with Gasteiger partial charge in [0.15, 0.2) is 11.2 Å².